The van der Waals surface area contributed by atoms with E-state index in [4.69, 9.17) is 17.3 Å². The molecule has 4 nitrogen and oxygen atoms in total. The van der Waals surface area contributed by atoms with E-state index in [1.165, 1.54) is 0 Å². The number of hydrogen-bond acceptors (Lipinski definition) is 3. The predicted molar refractivity (Wildman–Crippen MR) is 80.5 cm³/mol. The van der Waals surface area contributed by atoms with Gasteiger partial charge in [-0.25, -0.2) is 4.98 Å². The average Bonchev–Trinajstić information content (AvgIpc) is 2.36. The van der Waals surface area contributed by atoms with Crippen LogP contribution < -0.4 is 11.1 Å². The van der Waals surface area contributed by atoms with Crippen LogP contribution in [0, 0.1) is 6.92 Å². The SMILES string of the molecule is Cc1c(N)cc(Br)cc1C(=O)Nc1ncccc1Cl. The topological polar surface area (TPSA) is 68.0 Å². The van der Waals surface area contributed by atoms with Gasteiger partial charge < -0.3 is 11.1 Å². The molecule has 1 amide bonds. The van der Waals surface area contributed by atoms with Crippen molar-refractivity contribution in [1.29, 1.82) is 0 Å². The minimum atomic E-state index is -0.300. The highest BCUT2D eigenvalue weighted by Crippen LogP contribution is 2.24. The summed E-state index contributed by atoms with van der Waals surface area (Å²) in [5.74, 6) is 0.0261. The van der Waals surface area contributed by atoms with Gasteiger partial charge in [-0.2, -0.15) is 0 Å². The lowest BCUT2D eigenvalue weighted by Gasteiger charge is -2.10. The molecule has 2 aromatic rings. The number of pyridine rings is 1. The summed E-state index contributed by atoms with van der Waals surface area (Å²) in [6.45, 7) is 1.79. The number of aromatic nitrogens is 1. The number of amides is 1. The highest BCUT2D eigenvalue weighted by Gasteiger charge is 2.14. The number of nitrogen functional groups attached to an aromatic ring is 1. The first-order valence-electron chi connectivity index (χ1n) is 5.46. The molecule has 0 aliphatic rings. The van der Waals surface area contributed by atoms with E-state index in [9.17, 15) is 4.79 Å². The zero-order valence-electron chi connectivity index (χ0n) is 10.1. The van der Waals surface area contributed by atoms with Crippen LogP contribution in [0.25, 0.3) is 0 Å². The maximum absolute atomic E-state index is 12.2. The Hall–Kier alpha value is -1.59. The summed E-state index contributed by atoms with van der Waals surface area (Å²) in [6, 6.07) is 6.81. The van der Waals surface area contributed by atoms with Gasteiger partial charge in [-0.1, -0.05) is 27.5 Å². The van der Waals surface area contributed by atoms with Crippen LogP contribution in [0.2, 0.25) is 5.02 Å². The number of nitrogens with zero attached hydrogens (tertiary/aromatic N) is 1. The number of carbonyl (C=O) groups is 1. The van der Waals surface area contributed by atoms with Crippen molar-refractivity contribution in [2.45, 2.75) is 6.92 Å². The normalized spacial score (nSPS) is 10.3. The summed E-state index contributed by atoms with van der Waals surface area (Å²) < 4.78 is 0.743. The lowest BCUT2D eigenvalue weighted by Crippen LogP contribution is -2.15. The highest BCUT2D eigenvalue weighted by atomic mass is 79.9. The molecular formula is C13H11BrClN3O. The number of nitrogens with two attached hydrogens (primary N) is 1. The van der Waals surface area contributed by atoms with Crippen molar-refractivity contribution in [2.24, 2.45) is 0 Å². The Morgan fingerprint density at radius 3 is 2.89 bits per heavy atom. The van der Waals surface area contributed by atoms with E-state index in [1.807, 2.05) is 0 Å². The second-order valence-electron chi connectivity index (χ2n) is 3.96. The number of nitrogens with one attached hydrogen (secondary N) is 1. The van der Waals surface area contributed by atoms with Crippen LogP contribution in [-0.4, -0.2) is 10.9 Å². The molecule has 1 aromatic carbocycles. The Bertz CT molecular complexity index is 646. The average molecular weight is 341 g/mol. The summed E-state index contributed by atoms with van der Waals surface area (Å²) in [5.41, 5.74) is 7.57. The Morgan fingerprint density at radius 1 is 1.47 bits per heavy atom. The Balaban J connectivity index is 2.33. The molecule has 19 heavy (non-hydrogen) atoms. The van der Waals surface area contributed by atoms with Crippen molar-refractivity contribution in [3.63, 3.8) is 0 Å². The van der Waals surface area contributed by atoms with Gasteiger partial charge in [-0.3, -0.25) is 4.79 Å². The lowest BCUT2D eigenvalue weighted by molar-refractivity contribution is 0.102. The van der Waals surface area contributed by atoms with Crippen molar-refractivity contribution >= 4 is 44.9 Å². The maximum atomic E-state index is 12.2. The van der Waals surface area contributed by atoms with Crippen LogP contribution in [0.3, 0.4) is 0 Å². The molecule has 0 aliphatic carbocycles. The van der Waals surface area contributed by atoms with Crippen LogP contribution in [0.1, 0.15) is 15.9 Å². The number of carbonyl (C=O) groups excluding carboxylic acids is 1. The Labute approximate surface area is 124 Å². The predicted octanol–water partition coefficient (Wildman–Crippen LogP) is 3.64. The van der Waals surface area contributed by atoms with E-state index in [0.717, 1.165) is 4.47 Å². The van der Waals surface area contributed by atoms with Crippen molar-refractivity contribution < 1.29 is 4.79 Å². The summed E-state index contributed by atoms with van der Waals surface area (Å²) in [6.07, 6.45) is 1.56. The third-order valence-corrected chi connectivity index (χ3v) is 3.41. The van der Waals surface area contributed by atoms with Crippen LogP contribution >= 0.6 is 27.5 Å². The standard InChI is InChI=1S/C13H11BrClN3O/c1-7-9(5-8(14)6-11(7)16)13(19)18-12-10(15)3-2-4-17-12/h2-6H,16H2,1H3,(H,17,18,19). The number of halogens is 2. The van der Waals surface area contributed by atoms with Gasteiger partial charge in [-0.05, 0) is 36.8 Å². The summed E-state index contributed by atoms with van der Waals surface area (Å²) in [4.78, 5) is 16.2. The van der Waals surface area contributed by atoms with Gasteiger partial charge in [0.2, 0.25) is 0 Å². The van der Waals surface area contributed by atoms with Crippen LogP contribution in [-0.2, 0) is 0 Å². The van der Waals surface area contributed by atoms with Gasteiger partial charge in [0.1, 0.15) is 0 Å². The molecule has 0 fully saturated rings. The molecule has 0 atom stereocenters. The smallest absolute Gasteiger partial charge is 0.257 e. The molecule has 0 saturated carbocycles. The molecule has 0 aliphatic heterocycles. The first kappa shape index (κ1) is 13.8. The zero-order chi connectivity index (χ0) is 14.0. The maximum Gasteiger partial charge on any atom is 0.257 e. The third-order valence-electron chi connectivity index (χ3n) is 2.65. The molecule has 2 rings (SSSR count). The second kappa shape index (κ2) is 5.59. The van der Waals surface area contributed by atoms with Crippen LogP contribution in [0.5, 0.6) is 0 Å². The van der Waals surface area contributed by atoms with Gasteiger partial charge >= 0.3 is 0 Å². The zero-order valence-corrected chi connectivity index (χ0v) is 12.4. The second-order valence-corrected chi connectivity index (χ2v) is 5.28. The highest BCUT2D eigenvalue weighted by molar-refractivity contribution is 9.10. The quantitative estimate of drug-likeness (QED) is 0.820. The lowest BCUT2D eigenvalue weighted by atomic mass is 10.1. The van der Waals surface area contributed by atoms with Crippen LogP contribution in [0.15, 0.2) is 34.9 Å². The fourth-order valence-electron chi connectivity index (χ4n) is 1.59. The molecule has 1 heterocycles. The van der Waals surface area contributed by atoms with Crippen molar-refractivity contribution in [1.82, 2.24) is 4.98 Å². The van der Waals surface area contributed by atoms with Crippen molar-refractivity contribution in [3.05, 3.63) is 51.1 Å². The molecule has 1 aromatic heterocycles. The largest absolute Gasteiger partial charge is 0.398 e. The molecule has 3 N–H and O–H groups in total. The molecule has 6 heteroatoms. The van der Waals surface area contributed by atoms with E-state index >= 15 is 0 Å². The molecule has 0 saturated heterocycles. The number of rotatable bonds is 2. The summed E-state index contributed by atoms with van der Waals surface area (Å²) in [7, 11) is 0. The monoisotopic (exact) mass is 339 g/mol. The van der Waals surface area contributed by atoms with E-state index < -0.39 is 0 Å². The van der Waals surface area contributed by atoms with Crippen molar-refractivity contribution in [3.8, 4) is 0 Å². The van der Waals surface area contributed by atoms with Crippen molar-refractivity contribution in [2.75, 3.05) is 11.1 Å². The van der Waals surface area contributed by atoms with Gasteiger partial charge in [0.15, 0.2) is 5.82 Å². The van der Waals surface area contributed by atoms with E-state index in [-0.39, 0.29) is 5.91 Å². The molecule has 0 spiro atoms. The fraction of sp³-hybridized carbons (Fsp3) is 0.0769. The van der Waals surface area contributed by atoms with E-state index in [0.29, 0.717) is 27.7 Å². The first-order valence-corrected chi connectivity index (χ1v) is 6.63. The van der Waals surface area contributed by atoms with Gasteiger partial charge in [0, 0.05) is 21.9 Å². The molecular weight excluding hydrogens is 330 g/mol. The summed E-state index contributed by atoms with van der Waals surface area (Å²) >= 11 is 9.26. The van der Waals surface area contributed by atoms with Gasteiger partial charge in [-0.15, -0.1) is 0 Å². The molecule has 0 unspecified atom stereocenters. The first-order chi connectivity index (χ1) is 8.99. The van der Waals surface area contributed by atoms with E-state index in [1.54, 1.807) is 37.4 Å². The molecule has 0 bridgehead atoms. The third kappa shape index (κ3) is 3.05. The van der Waals surface area contributed by atoms with Crippen LogP contribution in [0.4, 0.5) is 11.5 Å². The van der Waals surface area contributed by atoms with E-state index in [2.05, 4.69) is 26.2 Å². The Morgan fingerprint density at radius 2 is 2.21 bits per heavy atom. The number of anilines is 2. The minimum Gasteiger partial charge on any atom is -0.398 e. The van der Waals surface area contributed by atoms with Gasteiger partial charge in [0.25, 0.3) is 5.91 Å². The minimum absolute atomic E-state index is 0.300. The fourth-order valence-corrected chi connectivity index (χ4v) is 2.23. The number of hydrogen-bond donors (Lipinski definition) is 2. The Kier molecular flexibility index (Phi) is 4.07. The number of benzene rings is 1. The molecule has 0 radical (unpaired) electrons. The molecule has 98 valence electrons. The van der Waals surface area contributed by atoms with Gasteiger partial charge in [0.05, 0.1) is 5.02 Å². The summed E-state index contributed by atoms with van der Waals surface area (Å²) in [5, 5.41) is 3.05.